The summed E-state index contributed by atoms with van der Waals surface area (Å²) in [6.07, 6.45) is 0.945. The Hall–Kier alpha value is -1.45. The van der Waals surface area contributed by atoms with Gasteiger partial charge in [0.2, 0.25) is 0 Å². The van der Waals surface area contributed by atoms with Gasteiger partial charge in [0.05, 0.1) is 0 Å². The van der Waals surface area contributed by atoms with Gasteiger partial charge in [-0.1, -0.05) is 18.2 Å². The van der Waals surface area contributed by atoms with Gasteiger partial charge in [-0.3, -0.25) is 4.79 Å². The Balaban J connectivity index is 2.07. The van der Waals surface area contributed by atoms with E-state index in [-0.39, 0.29) is 5.78 Å². The molecular weight excluding hydrogens is 242 g/mol. The molecule has 0 saturated carbocycles. The first-order chi connectivity index (χ1) is 8.77. The molecule has 2 nitrogen and oxygen atoms in total. The van der Waals surface area contributed by atoms with Crippen LogP contribution in [0.3, 0.4) is 0 Å². The van der Waals surface area contributed by atoms with Crippen LogP contribution < -0.4 is 5.32 Å². The Kier molecular flexibility index (Phi) is 3.02. The topological polar surface area (TPSA) is 29.1 Å². The van der Waals surface area contributed by atoms with Crippen LogP contribution in [-0.4, -0.2) is 12.3 Å². The predicted octanol–water partition coefficient (Wildman–Crippen LogP) is 2.93. The third kappa shape index (κ3) is 1.89. The van der Waals surface area contributed by atoms with E-state index < -0.39 is 0 Å². The van der Waals surface area contributed by atoms with Crippen molar-refractivity contribution in [3.8, 4) is 0 Å². The van der Waals surface area contributed by atoms with Gasteiger partial charge in [-0.25, -0.2) is 0 Å². The Bertz CT molecular complexity index is 600. The van der Waals surface area contributed by atoms with Crippen LogP contribution >= 0.6 is 11.3 Å². The summed E-state index contributed by atoms with van der Waals surface area (Å²) in [5.74, 6) is 0.174. The second-order valence-corrected chi connectivity index (χ2v) is 5.71. The van der Waals surface area contributed by atoms with E-state index in [1.165, 1.54) is 11.1 Å². The van der Waals surface area contributed by atoms with Gasteiger partial charge in [0.15, 0.2) is 5.78 Å². The molecule has 0 aliphatic carbocycles. The van der Waals surface area contributed by atoms with Crippen molar-refractivity contribution >= 4 is 17.1 Å². The first kappa shape index (κ1) is 11.6. The molecule has 3 rings (SSSR count). The van der Waals surface area contributed by atoms with Crippen LogP contribution in [0.5, 0.6) is 0 Å². The number of thiophene rings is 1. The highest BCUT2D eigenvalue weighted by Gasteiger charge is 2.19. The lowest BCUT2D eigenvalue weighted by Gasteiger charge is -2.19. The van der Waals surface area contributed by atoms with E-state index in [0.29, 0.717) is 0 Å². The molecule has 0 spiro atoms. The van der Waals surface area contributed by atoms with E-state index in [4.69, 9.17) is 0 Å². The molecule has 92 valence electrons. The molecule has 2 heterocycles. The summed E-state index contributed by atoms with van der Waals surface area (Å²) in [6.45, 7) is 3.84. The maximum Gasteiger partial charge on any atom is 0.194 e. The number of aryl methyl sites for hydroxylation is 1. The minimum Gasteiger partial charge on any atom is -0.312 e. The lowest BCUT2D eigenvalue weighted by atomic mass is 9.91. The average molecular weight is 257 g/mol. The fraction of sp³-hybridized carbons (Fsp3) is 0.267. The monoisotopic (exact) mass is 257 g/mol. The standard InChI is InChI=1S/C15H15NOS/c1-10-12(6-8-18-10)15(17)14-4-2-3-11-9-16-7-5-13(11)14/h2-4,6,8,16H,5,7,9H2,1H3. The van der Waals surface area contributed by atoms with Gasteiger partial charge in [0.25, 0.3) is 0 Å². The number of nitrogens with one attached hydrogen (secondary N) is 1. The molecule has 18 heavy (non-hydrogen) atoms. The molecule has 0 radical (unpaired) electrons. The van der Waals surface area contributed by atoms with Gasteiger partial charge in [-0.15, -0.1) is 11.3 Å². The molecule has 1 aromatic heterocycles. The van der Waals surface area contributed by atoms with Crippen molar-refractivity contribution in [2.75, 3.05) is 6.54 Å². The first-order valence-corrected chi connectivity index (χ1v) is 7.05. The molecular formula is C15H15NOS. The van der Waals surface area contributed by atoms with Crippen molar-refractivity contribution < 1.29 is 4.79 Å². The quantitative estimate of drug-likeness (QED) is 0.838. The lowest BCUT2D eigenvalue weighted by Crippen LogP contribution is -2.25. The van der Waals surface area contributed by atoms with E-state index in [1.807, 2.05) is 30.5 Å². The Morgan fingerprint density at radius 2 is 2.17 bits per heavy atom. The normalized spacial score (nSPS) is 14.3. The average Bonchev–Trinajstić information content (AvgIpc) is 2.83. The minimum atomic E-state index is 0.174. The lowest BCUT2D eigenvalue weighted by molar-refractivity contribution is 0.103. The van der Waals surface area contributed by atoms with Gasteiger partial charge in [0.1, 0.15) is 0 Å². The summed E-state index contributed by atoms with van der Waals surface area (Å²) in [5.41, 5.74) is 4.23. The number of hydrogen-bond acceptors (Lipinski definition) is 3. The molecule has 1 aromatic carbocycles. The van der Waals surface area contributed by atoms with Crippen LogP contribution in [-0.2, 0) is 13.0 Å². The molecule has 0 atom stereocenters. The summed E-state index contributed by atoms with van der Waals surface area (Å²) in [6, 6.07) is 7.99. The molecule has 1 aliphatic rings. The minimum absolute atomic E-state index is 0.174. The van der Waals surface area contributed by atoms with Crippen LogP contribution in [0.15, 0.2) is 29.6 Å². The van der Waals surface area contributed by atoms with Gasteiger partial charge in [0, 0.05) is 22.5 Å². The highest BCUT2D eigenvalue weighted by atomic mass is 32.1. The second kappa shape index (κ2) is 4.67. The Morgan fingerprint density at radius 1 is 1.28 bits per heavy atom. The number of hydrogen-bond donors (Lipinski definition) is 1. The SMILES string of the molecule is Cc1sccc1C(=O)c1cccc2c1CCNC2. The number of benzene rings is 1. The van der Waals surface area contributed by atoms with Crippen LogP contribution in [0.1, 0.15) is 31.9 Å². The third-order valence-corrected chi connectivity index (χ3v) is 4.33. The smallest absolute Gasteiger partial charge is 0.194 e. The highest BCUT2D eigenvalue weighted by molar-refractivity contribution is 7.10. The van der Waals surface area contributed by atoms with E-state index in [1.54, 1.807) is 11.3 Å². The molecule has 2 aromatic rings. The van der Waals surface area contributed by atoms with Crippen LogP contribution in [0.2, 0.25) is 0 Å². The van der Waals surface area contributed by atoms with Gasteiger partial charge in [-0.2, -0.15) is 0 Å². The number of ketones is 1. The maximum atomic E-state index is 12.6. The van der Waals surface area contributed by atoms with Crippen molar-refractivity contribution in [1.82, 2.24) is 5.32 Å². The highest BCUT2D eigenvalue weighted by Crippen LogP contribution is 2.24. The fourth-order valence-corrected chi connectivity index (χ4v) is 3.21. The first-order valence-electron chi connectivity index (χ1n) is 6.17. The van der Waals surface area contributed by atoms with Gasteiger partial charge >= 0.3 is 0 Å². The van der Waals surface area contributed by atoms with E-state index in [2.05, 4.69) is 11.4 Å². The molecule has 0 saturated heterocycles. The Labute approximate surface area is 111 Å². The van der Waals surface area contributed by atoms with Crippen molar-refractivity contribution in [3.63, 3.8) is 0 Å². The summed E-state index contributed by atoms with van der Waals surface area (Å²) in [4.78, 5) is 13.7. The fourth-order valence-electron chi connectivity index (χ4n) is 2.51. The van der Waals surface area contributed by atoms with Crippen molar-refractivity contribution in [3.05, 3.63) is 56.8 Å². The molecule has 0 unspecified atom stereocenters. The Morgan fingerprint density at radius 3 is 2.94 bits per heavy atom. The van der Waals surface area contributed by atoms with Crippen molar-refractivity contribution in [2.24, 2.45) is 0 Å². The predicted molar refractivity (Wildman–Crippen MR) is 74.3 cm³/mol. The molecule has 3 heteroatoms. The maximum absolute atomic E-state index is 12.6. The van der Waals surface area contributed by atoms with Gasteiger partial charge in [-0.05, 0) is 42.5 Å². The zero-order valence-electron chi connectivity index (χ0n) is 10.3. The van der Waals surface area contributed by atoms with Crippen LogP contribution in [0.4, 0.5) is 0 Å². The van der Waals surface area contributed by atoms with Crippen molar-refractivity contribution in [2.45, 2.75) is 19.9 Å². The van der Waals surface area contributed by atoms with Gasteiger partial charge < -0.3 is 5.32 Å². The summed E-state index contributed by atoms with van der Waals surface area (Å²) in [7, 11) is 0. The zero-order chi connectivity index (χ0) is 12.5. The summed E-state index contributed by atoms with van der Waals surface area (Å²) < 4.78 is 0. The number of carbonyl (C=O) groups excluding carboxylic acids is 1. The van der Waals surface area contributed by atoms with E-state index in [9.17, 15) is 4.79 Å². The van der Waals surface area contributed by atoms with Crippen LogP contribution in [0.25, 0.3) is 0 Å². The molecule has 1 aliphatic heterocycles. The van der Waals surface area contributed by atoms with E-state index in [0.717, 1.165) is 35.5 Å². The second-order valence-electron chi connectivity index (χ2n) is 4.59. The molecule has 0 bridgehead atoms. The zero-order valence-corrected chi connectivity index (χ0v) is 11.1. The van der Waals surface area contributed by atoms with Crippen molar-refractivity contribution in [1.29, 1.82) is 0 Å². The van der Waals surface area contributed by atoms with E-state index >= 15 is 0 Å². The number of carbonyl (C=O) groups is 1. The summed E-state index contributed by atoms with van der Waals surface area (Å²) >= 11 is 1.63. The number of rotatable bonds is 2. The molecule has 0 amide bonds. The number of fused-ring (bicyclic) bond motifs is 1. The van der Waals surface area contributed by atoms with Crippen LogP contribution in [0, 0.1) is 6.92 Å². The molecule has 0 fully saturated rings. The molecule has 1 N–H and O–H groups in total. The largest absolute Gasteiger partial charge is 0.312 e. The summed E-state index contributed by atoms with van der Waals surface area (Å²) in [5, 5.41) is 5.33. The third-order valence-electron chi connectivity index (χ3n) is 3.49.